The second kappa shape index (κ2) is 4.79. The molecule has 0 aliphatic heterocycles. The van der Waals surface area contributed by atoms with Crippen LogP contribution in [0.2, 0.25) is 0 Å². The summed E-state index contributed by atoms with van der Waals surface area (Å²) in [6.45, 7) is 1.70. The summed E-state index contributed by atoms with van der Waals surface area (Å²) < 4.78 is 5.34. The van der Waals surface area contributed by atoms with Gasteiger partial charge in [-0.1, -0.05) is 12.1 Å². The molecule has 0 saturated carbocycles. The van der Waals surface area contributed by atoms with Crippen molar-refractivity contribution in [3.8, 4) is 11.5 Å². The Morgan fingerprint density at radius 1 is 1.06 bits per heavy atom. The topological polar surface area (TPSA) is 70.7 Å². The van der Waals surface area contributed by atoms with Crippen molar-refractivity contribution in [2.45, 2.75) is 6.92 Å². The first-order valence-corrected chi connectivity index (χ1v) is 5.36. The van der Waals surface area contributed by atoms with E-state index >= 15 is 0 Å². The summed E-state index contributed by atoms with van der Waals surface area (Å²) in [6, 6.07) is 7.23. The van der Waals surface area contributed by atoms with Crippen molar-refractivity contribution in [2.75, 3.05) is 0 Å². The first-order chi connectivity index (χ1) is 8.54. The highest BCUT2D eigenvalue weighted by Crippen LogP contribution is 2.25. The molecule has 0 radical (unpaired) electrons. The van der Waals surface area contributed by atoms with Crippen LogP contribution in [0.1, 0.15) is 17.1 Å². The van der Waals surface area contributed by atoms with Crippen LogP contribution < -0.4 is 5.43 Å². The molecule has 1 aromatic carbocycles. The molecule has 0 bridgehead atoms. The van der Waals surface area contributed by atoms with Crippen molar-refractivity contribution >= 4 is 12.2 Å². The van der Waals surface area contributed by atoms with Gasteiger partial charge in [-0.2, -0.15) is 0 Å². The maximum absolute atomic E-state index is 11.3. The highest BCUT2D eigenvalue weighted by atomic mass is 16.3. The zero-order valence-corrected chi connectivity index (χ0v) is 9.75. The van der Waals surface area contributed by atoms with Gasteiger partial charge >= 0.3 is 0 Å². The highest BCUT2D eigenvalue weighted by Gasteiger charge is 1.99. The number of phenolic OH excluding ortho intramolecular Hbond substituents is 2. The van der Waals surface area contributed by atoms with Gasteiger partial charge in [-0.25, -0.2) is 0 Å². The predicted octanol–water partition coefficient (Wildman–Crippen LogP) is 2.53. The minimum Gasteiger partial charge on any atom is -0.504 e. The molecular weight excluding hydrogens is 232 g/mol. The minimum absolute atomic E-state index is 0.119. The molecule has 0 aliphatic rings. The summed E-state index contributed by atoms with van der Waals surface area (Å²) in [4.78, 5) is 11.3. The fourth-order valence-electron chi connectivity index (χ4n) is 1.53. The molecule has 0 fully saturated rings. The zero-order valence-electron chi connectivity index (χ0n) is 9.75. The molecule has 4 nitrogen and oxygen atoms in total. The maximum Gasteiger partial charge on any atom is 0.185 e. The van der Waals surface area contributed by atoms with Crippen molar-refractivity contribution in [1.82, 2.24) is 0 Å². The second-order valence-electron chi connectivity index (χ2n) is 3.89. The third-order valence-corrected chi connectivity index (χ3v) is 2.35. The molecule has 92 valence electrons. The lowest BCUT2D eigenvalue weighted by molar-refractivity contribution is 0.403. The maximum atomic E-state index is 11.3. The largest absolute Gasteiger partial charge is 0.504 e. The molecule has 2 aromatic rings. The predicted molar refractivity (Wildman–Crippen MR) is 68.4 cm³/mol. The fraction of sp³-hybridized carbons (Fsp3) is 0.0714. The van der Waals surface area contributed by atoms with Gasteiger partial charge in [-0.3, -0.25) is 4.79 Å². The van der Waals surface area contributed by atoms with E-state index in [0.29, 0.717) is 17.1 Å². The van der Waals surface area contributed by atoms with Crippen LogP contribution in [-0.2, 0) is 0 Å². The zero-order chi connectivity index (χ0) is 13.1. The lowest BCUT2D eigenvalue weighted by Crippen LogP contribution is -1.97. The number of aryl methyl sites for hydroxylation is 1. The number of aromatic hydroxyl groups is 2. The average Bonchev–Trinajstić information content (AvgIpc) is 2.29. The Balaban J connectivity index is 2.29. The standard InChI is InChI=1S/C14H12O4/c1-9-6-11(15)8-12(18-9)4-2-10-3-5-13(16)14(17)7-10/h2-8,16-17H,1H3/b4-2+. The summed E-state index contributed by atoms with van der Waals surface area (Å²) in [5, 5.41) is 18.5. The van der Waals surface area contributed by atoms with Crippen LogP contribution >= 0.6 is 0 Å². The monoisotopic (exact) mass is 244 g/mol. The van der Waals surface area contributed by atoms with Gasteiger partial charge in [0.05, 0.1) is 0 Å². The van der Waals surface area contributed by atoms with Crippen LogP contribution in [0.15, 0.2) is 39.5 Å². The minimum atomic E-state index is -0.192. The second-order valence-corrected chi connectivity index (χ2v) is 3.89. The quantitative estimate of drug-likeness (QED) is 0.796. The molecule has 1 heterocycles. The highest BCUT2D eigenvalue weighted by molar-refractivity contribution is 5.68. The van der Waals surface area contributed by atoms with Crippen LogP contribution in [0.3, 0.4) is 0 Å². The summed E-state index contributed by atoms with van der Waals surface area (Å²) in [7, 11) is 0. The summed E-state index contributed by atoms with van der Waals surface area (Å²) in [5.41, 5.74) is 0.571. The molecule has 2 N–H and O–H groups in total. The molecular formula is C14H12O4. The number of rotatable bonds is 2. The van der Waals surface area contributed by atoms with Crippen LogP contribution in [0.4, 0.5) is 0 Å². The Morgan fingerprint density at radius 2 is 1.83 bits per heavy atom. The van der Waals surface area contributed by atoms with E-state index in [2.05, 4.69) is 0 Å². The van der Waals surface area contributed by atoms with Crippen molar-refractivity contribution in [1.29, 1.82) is 0 Å². The third kappa shape index (κ3) is 2.79. The van der Waals surface area contributed by atoms with E-state index < -0.39 is 0 Å². The van der Waals surface area contributed by atoms with E-state index in [1.165, 1.54) is 24.3 Å². The van der Waals surface area contributed by atoms with E-state index in [9.17, 15) is 9.90 Å². The van der Waals surface area contributed by atoms with E-state index in [0.717, 1.165) is 0 Å². The first-order valence-electron chi connectivity index (χ1n) is 5.36. The van der Waals surface area contributed by atoms with Crippen LogP contribution in [-0.4, -0.2) is 10.2 Å². The number of hydrogen-bond acceptors (Lipinski definition) is 4. The van der Waals surface area contributed by atoms with Gasteiger partial charge in [0.2, 0.25) is 0 Å². The number of phenols is 2. The molecule has 4 heteroatoms. The molecule has 0 aliphatic carbocycles. The molecule has 0 unspecified atom stereocenters. The van der Waals surface area contributed by atoms with Crippen molar-refractivity contribution in [3.05, 3.63) is 57.6 Å². The van der Waals surface area contributed by atoms with Gasteiger partial charge in [0.15, 0.2) is 16.9 Å². The Labute approximate surface area is 103 Å². The average molecular weight is 244 g/mol. The van der Waals surface area contributed by atoms with Gasteiger partial charge < -0.3 is 14.6 Å². The Morgan fingerprint density at radius 3 is 2.50 bits per heavy atom. The molecule has 0 amide bonds. The Hall–Kier alpha value is -2.49. The smallest absolute Gasteiger partial charge is 0.185 e. The van der Waals surface area contributed by atoms with Crippen LogP contribution in [0.5, 0.6) is 11.5 Å². The van der Waals surface area contributed by atoms with Gasteiger partial charge in [-0.05, 0) is 30.7 Å². The number of hydrogen-bond donors (Lipinski definition) is 2. The first kappa shape index (κ1) is 12.0. The summed E-state index contributed by atoms with van der Waals surface area (Å²) >= 11 is 0. The van der Waals surface area contributed by atoms with E-state index in [1.807, 2.05) is 0 Å². The molecule has 0 atom stereocenters. The van der Waals surface area contributed by atoms with E-state index in [-0.39, 0.29) is 16.9 Å². The molecule has 2 rings (SSSR count). The Kier molecular flexibility index (Phi) is 3.19. The lowest BCUT2D eigenvalue weighted by Gasteiger charge is -1.99. The van der Waals surface area contributed by atoms with E-state index in [1.54, 1.807) is 25.1 Å². The van der Waals surface area contributed by atoms with Gasteiger partial charge in [0, 0.05) is 12.1 Å². The van der Waals surface area contributed by atoms with Crippen molar-refractivity contribution in [2.24, 2.45) is 0 Å². The van der Waals surface area contributed by atoms with Gasteiger partial charge in [-0.15, -0.1) is 0 Å². The van der Waals surface area contributed by atoms with Crippen molar-refractivity contribution < 1.29 is 14.6 Å². The van der Waals surface area contributed by atoms with E-state index in [4.69, 9.17) is 9.52 Å². The molecule has 0 spiro atoms. The van der Waals surface area contributed by atoms with Crippen molar-refractivity contribution in [3.63, 3.8) is 0 Å². The Bertz CT molecular complexity index is 653. The third-order valence-electron chi connectivity index (χ3n) is 2.35. The molecule has 18 heavy (non-hydrogen) atoms. The summed E-state index contributed by atoms with van der Waals surface area (Å²) in [6.07, 6.45) is 3.30. The fourth-order valence-corrected chi connectivity index (χ4v) is 1.53. The van der Waals surface area contributed by atoms with Crippen LogP contribution in [0.25, 0.3) is 12.2 Å². The van der Waals surface area contributed by atoms with Gasteiger partial charge in [0.25, 0.3) is 0 Å². The molecule has 0 saturated heterocycles. The lowest BCUT2D eigenvalue weighted by atomic mass is 10.2. The summed E-state index contributed by atoms with van der Waals surface area (Å²) in [5.74, 6) is 0.611. The normalized spacial score (nSPS) is 10.9. The SMILES string of the molecule is Cc1cc(=O)cc(/C=C/c2ccc(O)c(O)c2)o1. The number of benzene rings is 1. The van der Waals surface area contributed by atoms with Gasteiger partial charge in [0.1, 0.15) is 11.5 Å². The molecule has 1 aromatic heterocycles. The van der Waals surface area contributed by atoms with Crippen LogP contribution in [0, 0.1) is 6.92 Å².